The summed E-state index contributed by atoms with van der Waals surface area (Å²) in [5, 5.41) is 18.7. The molecule has 2 atom stereocenters. The number of hydrogen-bond acceptors (Lipinski definition) is 7. The SMILES string of the molecule is COc1ccc2c(c1)C1(CCC(=O)O)Oc3ccc(OC)cc3C(CCC(=O)O)(O2)O1. The minimum absolute atomic E-state index is 0.0217. The number of hydrogen-bond donors (Lipinski definition) is 2. The molecule has 2 aromatic carbocycles. The standard InChI is InChI=1S/C22H22O9/c1-27-13-3-5-17-15(11-13)21(9-7-19(23)24)30-18-6-4-14(28-2)12-16(18)22(29-17,31-21)10-8-20(25)26/h3-6,11-12H,7-10H2,1-2H3,(H,23,24)(H,25,26). The summed E-state index contributed by atoms with van der Waals surface area (Å²) in [7, 11) is 3.02. The van der Waals surface area contributed by atoms with Crippen molar-refractivity contribution < 1.29 is 43.5 Å². The Morgan fingerprint density at radius 1 is 0.806 bits per heavy atom. The van der Waals surface area contributed by atoms with Gasteiger partial charge in [0, 0.05) is 12.8 Å². The van der Waals surface area contributed by atoms with Gasteiger partial charge in [-0.15, -0.1) is 0 Å². The highest BCUT2D eigenvalue weighted by Gasteiger charge is 2.58. The van der Waals surface area contributed by atoms with E-state index in [-0.39, 0.29) is 25.7 Å². The predicted molar refractivity (Wildman–Crippen MR) is 105 cm³/mol. The lowest BCUT2D eigenvalue weighted by Gasteiger charge is -2.52. The van der Waals surface area contributed by atoms with Crippen molar-refractivity contribution >= 4 is 11.9 Å². The molecule has 0 saturated carbocycles. The van der Waals surface area contributed by atoms with E-state index in [0.29, 0.717) is 34.1 Å². The fraction of sp³-hybridized carbons (Fsp3) is 0.364. The summed E-state index contributed by atoms with van der Waals surface area (Å²) in [6.07, 6.45) is -0.521. The molecule has 164 valence electrons. The zero-order valence-electron chi connectivity index (χ0n) is 17.0. The third kappa shape index (κ3) is 3.61. The normalized spacial score (nSPS) is 22.9. The van der Waals surface area contributed by atoms with E-state index in [9.17, 15) is 19.8 Å². The summed E-state index contributed by atoms with van der Waals surface area (Å²) in [5.74, 6) is -3.21. The molecule has 9 nitrogen and oxygen atoms in total. The Kier molecular flexibility index (Phi) is 5.14. The van der Waals surface area contributed by atoms with Gasteiger partial charge in [-0.1, -0.05) is 0 Å². The molecule has 0 amide bonds. The van der Waals surface area contributed by atoms with Gasteiger partial charge in [0.1, 0.15) is 23.0 Å². The molecule has 9 heteroatoms. The highest BCUT2D eigenvalue weighted by atomic mass is 16.8. The van der Waals surface area contributed by atoms with E-state index in [4.69, 9.17) is 23.7 Å². The molecule has 0 fully saturated rings. The van der Waals surface area contributed by atoms with Gasteiger partial charge >= 0.3 is 11.9 Å². The topological polar surface area (TPSA) is 121 Å². The van der Waals surface area contributed by atoms with E-state index < -0.39 is 23.5 Å². The van der Waals surface area contributed by atoms with Crippen molar-refractivity contribution in [3.05, 3.63) is 47.5 Å². The number of fused-ring (bicyclic) bond motifs is 6. The highest BCUT2D eigenvalue weighted by Crippen LogP contribution is 2.57. The molecular formula is C22H22O9. The highest BCUT2D eigenvalue weighted by molar-refractivity contribution is 5.67. The van der Waals surface area contributed by atoms with Crippen molar-refractivity contribution in [3.63, 3.8) is 0 Å². The largest absolute Gasteiger partial charge is 0.497 e. The molecule has 0 spiro atoms. The van der Waals surface area contributed by atoms with Gasteiger partial charge in [0.2, 0.25) is 11.6 Å². The van der Waals surface area contributed by atoms with Gasteiger partial charge < -0.3 is 29.2 Å². The second-order valence-electron chi connectivity index (χ2n) is 7.32. The molecule has 0 aromatic heterocycles. The van der Waals surface area contributed by atoms with Crippen molar-refractivity contribution in [1.82, 2.24) is 0 Å². The van der Waals surface area contributed by atoms with Gasteiger partial charge in [-0.25, -0.2) is 0 Å². The van der Waals surface area contributed by atoms with Crippen LogP contribution in [0.3, 0.4) is 0 Å². The average Bonchev–Trinajstić information content (AvgIpc) is 2.76. The zero-order chi connectivity index (χ0) is 22.2. The minimum atomic E-state index is -1.50. The monoisotopic (exact) mass is 430 g/mol. The first-order valence-electron chi connectivity index (χ1n) is 9.70. The van der Waals surface area contributed by atoms with E-state index in [1.165, 1.54) is 14.2 Å². The van der Waals surface area contributed by atoms with Crippen molar-refractivity contribution in [3.8, 4) is 23.0 Å². The van der Waals surface area contributed by atoms with Gasteiger partial charge in [-0.05, 0) is 36.4 Å². The van der Waals surface area contributed by atoms with E-state index in [0.717, 1.165) is 0 Å². The summed E-state index contributed by atoms with van der Waals surface area (Å²) < 4.78 is 29.5. The van der Waals surface area contributed by atoms with Crippen LogP contribution in [0.5, 0.6) is 23.0 Å². The van der Waals surface area contributed by atoms with Crippen molar-refractivity contribution in [2.75, 3.05) is 14.2 Å². The maximum atomic E-state index is 11.4. The molecule has 0 saturated heterocycles. The van der Waals surface area contributed by atoms with Gasteiger partial charge in [0.25, 0.3) is 0 Å². The van der Waals surface area contributed by atoms with Crippen LogP contribution in [0.25, 0.3) is 0 Å². The number of carboxylic acids is 2. The fourth-order valence-corrected chi connectivity index (χ4v) is 3.95. The van der Waals surface area contributed by atoms with Crippen LogP contribution >= 0.6 is 0 Å². The van der Waals surface area contributed by atoms with Crippen molar-refractivity contribution in [1.29, 1.82) is 0 Å². The number of carbonyl (C=O) groups is 2. The first-order valence-corrected chi connectivity index (χ1v) is 9.70. The van der Waals surface area contributed by atoms with Crippen LogP contribution in [0, 0.1) is 0 Å². The van der Waals surface area contributed by atoms with Gasteiger partial charge in [-0.2, -0.15) is 0 Å². The summed E-state index contributed by atoms with van der Waals surface area (Å²) in [5.41, 5.74) is 0.945. The lowest BCUT2D eigenvalue weighted by molar-refractivity contribution is -0.362. The van der Waals surface area contributed by atoms with E-state index in [2.05, 4.69) is 0 Å². The van der Waals surface area contributed by atoms with E-state index in [1.807, 2.05) is 0 Å². The number of rotatable bonds is 8. The smallest absolute Gasteiger partial charge is 0.303 e. The Balaban J connectivity index is 1.92. The number of benzene rings is 2. The molecule has 2 heterocycles. The Hall–Kier alpha value is -3.46. The molecule has 4 rings (SSSR count). The Labute approximate surface area is 178 Å². The lowest BCUT2D eigenvalue weighted by atomic mass is 9.89. The molecule has 2 unspecified atom stereocenters. The van der Waals surface area contributed by atoms with Crippen LogP contribution in [0.1, 0.15) is 36.8 Å². The first-order chi connectivity index (χ1) is 14.8. The number of ether oxygens (including phenoxy) is 5. The molecule has 2 bridgehead atoms. The third-order valence-corrected chi connectivity index (χ3v) is 5.41. The minimum Gasteiger partial charge on any atom is -0.497 e. The molecule has 2 aliphatic rings. The van der Waals surface area contributed by atoms with Crippen LogP contribution in [0.2, 0.25) is 0 Å². The summed E-state index contributed by atoms with van der Waals surface area (Å²) in [6.45, 7) is 0. The van der Waals surface area contributed by atoms with E-state index in [1.54, 1.807) is 36.4 Å². The van der Waals surface area contributed by atoms with Crippen molar-refractivity contribution in [2.24, 2.45) is 0 Å². The van der Waals surface area contributed by atoms with E-state index >= 15 is 0 Å². The van der Waals surface area contributed by atoms with Crippen LogP contribution in [-0.4, -0.2) is 36.4 Å². The zero-order valence-corrected chi connectivity index (χ0v) is 17.0. The van der Waals surface area contributed by atoms with Gasteiger partial charge in [-0.3, -0.25) is 14.3 Å². The molecule has 2 aliphatic heterocycles. The Morgan fingerprint density at radius 3 is 1.58 bits per heavy atom. The molecular weight excluding hydrogens is 408 g/mol. The molecule has 0 aliphatic carbocycles. The number of aliphatic carboxylic acids is 2. The second-order valence-corrected chi connectivity index (χ2v) is 7.32. The quantitative estimate of drug-likeness (QED) is 0.650. The van der Waals surface area contributed by atoms with Crippen LogP contribution in [0.15, 0.2) is 36.4 Å². The molecule has 31 heavy (non-hydrogen) atoms. The summed E-state index contributed by atoms with van der Waals surface area (Å²) in [6, 6.07) is 10.1. The molecule has 0 radical (unpaired) electrons. The fourth-order valence-electron chi connectivity index (χ4n) is 3.95. The van der Waals surface area contributed by atoms with Gasteiger partial charge in [0.15, 0.2) is 0 Å². The maximum absolute atomic E-state index is 11.4. The van der Waals surface area contributed by atoms with Crippen LogP contribution in [0.4, 0.5) is 0 Å². The summed E-state index contributed by atoms with van der Waals surface area (Å²) in [4.78, 5) is 22.8. The van der Waals surface area contributed by atoms with Crippen molar-refractivity contribution in [2.45, 2.75) is 37.3 Å². The lowest BCUT2D eigenvalue weighted by Crippen LogP contribution is -2.55. The Bertz CT molecular complexity index is 952. The first kappa shape index (κ1) is 20.8. The predicted octanol–water partition coefficient (Wildman–Crippen LogP) is 3.24. The van der Waals surface area contributed by atoms with Gasteiger partial charge in [0.05, 0.1) is 38.2 Å². The Morgan fingerprint density at radius 2 is 1.23 bits per heavy atom. The number of methoxy groups -OCH3 is 2. The average molecular weight is 430 g/mol. The molecule has 2 aromatic rings. The van der Waals surface area contributed by atoms with Crippen LogP contribution in [-0.2, 0) is 25.9 Å². The maximum Gasteiger partial charge on any atom is 0.303 e. The number of carboxylic acid groups (broad SMARTS) is 2. The summed E-state index contributed by atoms with van der Waals surface area (Å²) >= 11 is 0. The third-order valence-electron chi connectivity index (χ3n) is 5.41. The second kappa shape index (κ2) is 7.66. The van der Waals surface area contributed by atoms with Crippen LogP contribution < -0.4 is 18.9 Å². The molecule has 2 N–H and O–H groups in total.